The van der Waals surface area contributed by atoms with Crippen LogP contribution in [0.2, 0.25) is 0 Å². The Balaban J connectivity index is 2.78. The van der Waals surface area contributed by atoms with Crippen molar-refractivity contribution in [2.45, 2.75) is 19.6 Å². The minimum Gasteiger partial charge on any atom is -0.496 e. The van der Waals surface area contributed by atoms with Crippen molar-refractivity contribution in [2.24, 2.45) is 0 Å². The molecule has 0 aliphatic rings. The quantitative estimate of drug-likeness (QED) is 0.410. The highest BCUT2D eigenvalue weighted by Crippen LogP contribution is 2.48. The Hall–Kier alpha value is -3.57. The normalized spacial score (nSPS) is 11.2. The highest BCUT2D eigenvalue weighted by atomic mass is 19.4. The van der Waals surface area contributed by atoms with Crippen LogP contribution in [0.25, 0.3) is 0 Å². The summed E-state index contributed by atoms with van der Waals surface area (Å²) >= 11 is 0. The number of para-hydroxylation sites is 1. The van der Waals surface area contributed by atoms with E-state index in [9.17, 15) is 33.4 Å². The topological polar surface area (TPSA) is 125 Å². The van der Waals surface area contributed by atoms with E-state index in [0.29, 0.717) is 11.3 Å². The van der Waals surface area contributed by atoms with Gasteiger partial charge in [0.1, 0.15) is 11.4 Å². The molecule has 0 unspecified atom stereocenters. The number of alkyl halides is 3. The van der Waals surface area contributed by atoms with E-state index in [2.05, 4.69) is 0 Å². The predicted octanol–water partition coefficient (Wildman–Crippen LogP) is 4.14. The van der Waals surface area contributed by atoms with E-state index in [1.807, 2.05) is 0 Å². The number of rotatable bonds is 7. The Morgan fingerprint density at radius 1 is 1.17 bits per heavy atom. The van der Waals surface area contributed by atoms with Crippen molar-refractivity contribution in [3.63, 3.8) is 0 Å². The summed E-state index contributed by atoms with van der Waals surface area (Å²) in [6.45, 7) is 1.48. The predicted molar refractivity (Wildman–Crippen MR) is 98.9 cm³/mol. The number of anilines is 2. The van der Waals surface area contributed by atoms with E-state index >= 15 is 0 Å². The van der Waals surface area contributed by atoms with Gasteiger partial charge in [-0.05, 0) is 13.0 Å². The second kappa shape index (κ2) is 8.20. The lowest BCUT2D eigenvalue weighted by atomic mass is 10.1. The minimum absolute atomic E-state index is 0.0184. The molecule has 0 saturated heterocycles. The van der Waals surface area contributed by atoms with Gasteiger partial charge in [-0.3, -0.25) is 20.2 Å². The second-order valence-corrected chi connectivity index (χ2v) is 5.89. The number of nitrogens with two attached hydrogens (primary N) is 1. The summed E-state index contributed by atoms with van der Waals surface area (Å²) in [5.41, 5.74) is 0.341. The molecule has 0 aliphatic heterocycles. The summed E-state index contributed by atoms with van der Waals surface area (Å²) in [6, 6.07) is 6.82. The van der Waals surface area contributed by atoms with Gasteiger partial charge in [0.15, 0.2) is 5.69 Å². The molecular formula is C17H17F3N4O5. The lowest BCUT2D eigenvalue weighted by Gasteiger charge is -2.25. The van der Waals surface area contributed by atoms with Crippen LogP contribution in [0.1, 0.15) is 18.1 Å². The van der Waals surface area contributed by atoms with Gasteiger partial charge in [-0.1, -0.05) is 18.2 Å². The van der Waals surface area contributed by atoms with Gasteiger partial charge >= 0.3 is 11.9 Å². The Bertz CT molecular complexity index is 949. The largest absolute Gasteiger partial charge is 0.496 e. The summed E-state index contributed by atoms with van der Waals surface area (Å²) in [4.78, 5) is 22.1. The van der Waals surface area contributed by atoms with Crippen molar-refractivity contribution in [3.8, 4) is 5.75 Å². The number of methoxy groups -OCH3 is 1. The molecule has 2 aromatic rings. The van der Waals surface area contributed by atoms with Gasteiger partial charge in [0, 0.05) is 24.7 Å². The zero-order valence-electron chi connectivity index (χ0n) is 15.4. The molecule has 12 heteroatoms. The molecule has 2 rings (SSSR count). The molecule has 0 heterocycles. The number of hydrogen-bond acceptors (Lipinski definition) is 7. The van der Waals surface area contributed by atoms with E-state index in [1.165, 1.54) is 12.0 Å². The number of nitro benzene ring substituents is 2. The van der Waals surface area contributed by atoms with Crippen LogP contribution in [-0.4, -0.2) is 23.5 Å². The number of hydrogen-bond donors (Lipinski definition) is 1. The van der Waals surface area contributed by atoms with Gasteiger partial charge in [-0.25, -0.2) is 0 Å². The monoisotopic (exact) mass is 414 g/mol. The number of nitrogens with zero attached hydrogens (tertiary/aromatic N) is 3. The van der Waals surface area contributed by atoms with Crippen molar-refractivity contribution in [1.29, 1.82) is 0 Å². The van der Waals surface area contributed by atoms with Crippen molar-refractivity contribution < 1.29 is 27.8 Å². The molecule has 2 aromatic carbocycles. The lowest BCUT2D eigenvalue weighted by Crippen LogP contribution is -2.25. The molecule has 0 aromatic heterocycles. The molecule has 29 heavy (non-hydrogen) atoms. The van der Waals surface area contributed by atoms with Crippen molar-refractivity contribution in [3.05, 3.63) is 61.7 Å². The summed E-state index contributed by atoms with van der Waals surface area (Å²) in [5, 5.41) is 23.1. The first kappa shape index (κ1) is 21.7. The molecule has 0 saturated carbocycles. The summed E-state index contributed by atoms with van der Waals surface area (Å²) in [6.07, 6.45) is -5.10. The molecule has 156 valence electrons. The molecule has 0 radical (unpaired) electrons. The smallest absolute Gasteiger partial charge is 0.418 e. The van der Waals surface area contributed by atoms with E-state index in [1.54, 1.807) is 31.2 Å². The molecular weight excluding hydrogens is 397 g/mol. The third-order valence-corrected chi connectivity index (χ3v) is 4.23. The van der Waals surface area contributed by atoms with Crippen LogP contribution in [0.4, 0.5) is 35.9 Å². The van der Waals surface area contributed by atoms with Gasteiger partial charge in [-0.15, -0.1) is 0 Å². The maximum absolute atomic E-state index is 13.2. The van der Waals surface area contributed by atoms with Crippen LogP contribution in [-0.2, 0) is 12.7 Å². The molecule has 0 amide bonds. The Morgan fingerprint density at radius 2 is 1.79 bits per heavy atom. The van der Waals surface area contributed by atoms with Crippen molar-refractivity contribution in [1.82, 2.24) is 0 Å². The molecule has 9 nitrogen and oxygen atoms in total. The van der Waals surface area contributed by atoms with Crippen LogP contribution < -0.4 is 15.4 Å². The van der Waals surface area contributed by atoms with E-state index in [0.717, 1.165) is 0 Å². The zero-order chi connectivity index (χ0) is 21.9. The number of halogens is 3. The van der Waals surface area contributed by atoms with Crippen LogP contribution in [0.15, 0.2) is 30.3 Å². The number of ether oxygens (including phenoxy) is 1. The summed E-state index contributed by atoms with van der Waals surface area (Å²) < 4.78 is 44.9. The first-order chi connectivity index (χ1) is 13.5. The maximum Gasteiger partial charge on any atom is 0.418 e. The third-order valence-electron chi connectivity index (χ3n) is 4.23. The Morgan fingerprint density at radius 3 is 2.28 bits per heavy atom. The summed E-state index contributed by atoms with van der Waals surface area (Å²) in [5.74, 6) is 0.413. The number of benzene rings is 2. The highest BCUT2D eigenvalue weighted by molar-refractivity contribution is 5.86. The first-order valence-electron chi connectivity index (χ1n) is 8.22. The first-order valence-corrected chi connectivity index (χ1v) is 8.22. The van der Waals surface area contributed by atoms with Gasteiger partial charge in [-0.2, -0.15) is 13.2 Å². The van der Waals surface area contributed by atoms with E-state index in [4.69, 9.17) is 10.5 Å². The Kier molecular flexibility index (Phi) is 6.15. The number of nitro groups is 2. The average Bonchev–Trinajstić information content (AvgIpc) is 2.64. The van der Waals surface area contributed by atoms with E-state index in [-0.39, 0.29) is 19.2 Å². The van der Waals surface area contributed by atoms with Crippen LogP contribution in [0.5, 0.6) is 5.75 Å². The second-order valence-electron chi connectivity index (χ2n) is 5.89. The maximum atomic E-state index is 13.2. The van der Waals surface area contributed by atoms with E-state index < -0.39 is 44.3 Å². The third kappa shape index (κ3) is 4.31. The van der Waals surface area contributed by atoms with Crippen molar-refractivity contribution in [2.75, 3.05) is 24.3 Å². The standard InChI is InChI=1S/C17H17F3N4O5/c1-3-22(9-10-6-4-5-7-13(10)29-2)15-12(23(25)26)8-11(17(18,19)20)14(21)16(15)24(27)28/h4-8H,3,9,21H2,1-2H3. The molecule has 0 atom stereocenters. The minimum atomic E-state index is -5.10. The van der Waals surface area contributed by atoms with Crippen LogP contribution in [0.3, 0.4) is 0 Å². The highest BCUT2D eigenvalue weighted by Gasteiger charge is 2.42. The SMILES string of the molecule is CCN(Cc1ccccc1OC)c1c([N+](=O)[O-])cc(C(F)(F)F)c(N)c1[N+](=O)[O-]. The zero-order valence-corrected chi connectivity index (χ0v) is 15.4. The number of nitrogen functional groups attached to an aromatic ring is 1. The van der Waals surface area contributed by atoms with Crippen molar-refractivity contribution >= 4 is 22.7 Å². The molecule has 0 fully saturated rings. The fraction of sp³-hybridized carbons (Fsp3) is 0.294. The molecule has 0 aliphatic carbocycles. The van der Waals surface area contributed by atoms with Crippen LogP contribution in [0, 0.1) is 20.2 Å². The van der Waals surface area contributed by atoms with Gasteiger partial charge in [0.2, 0.25) is 0 Å². The fourth-order valence-corrected chi connectivity index (χ4v) is 2.92. The fourth-order valence-electron chi connectivity index (χ4n) is 2.92. The van der Waals surface area contributed by atoms with Gasteiger partial charge in [0.25, 0.3) is 5.69 Å². The lowest BCUT2D eigenvalue weighted by molar-refractivity contribution is -0.392. The summed E-state index contributed by atoms with van der Waals surface area (Å²) in [7, 11) is 1.40. The average molecular weight is 414 g/mol. The Labute approximate surface area is 162 Å². The molecule has 2 N–H and O–H groups in total. The molecule has 0 bridgehead atoms. The van der Waals surface area contributed by atoms with Crippen LogP contribution >= 0.6 is 0 Å². The van der Waals surface area contributed by atoms with Gasteiger partial charge < -0.3 is 15.4 Å². The van der Waals surface area contributed by atoms with Gasteiger partial charge in [0.05, 0.1) is 22.5 Å². The molecule has 0 spiro atoms.